The normalized spacial score (nSPS) is 19.8. The SMILES string of the molecule is CCC(C)n1cnc2c(Nc3ccc(C(=O)O)cc3)nc(N[C@H]3CC[C@H](N)CC3)nc21. The smallest absolute Gasteiger partial charge is 0.335 e. The monoisotopic (exact) mass is 423 g/mol. The minimum atomic E-state index is -0.957. The molecule has 9 nitrogen and oxygen atoms in total. The number of anilines is 3. The number of rotatable bonds is 7. The Balaban J connectivity index is 1.68. The first kappa shape index (κ1) is 21.0. The third-order valence-corrected chi connectivity index (χ3v) is 5.99. The summed E-state index contributed by atoms with van der Waals surface area (Å²) in [4.78, 5) is 25.2. The molecule has 1 fully saturated rings. The quantitative estimate of drug-likeness (QED) is 0.450. The molecular formula is C22H29N7O2. The molecule has 1 aromatic carbocycles. The van der Waals surface area contributed by atoms with E-state index in [4.69, 9.17) is 20.8 Å². The Morgan fingerprint density at radius 3 is 2.58 bits per heavy atom. The zero-order chi connectivity index (χ0) is 22.0. The van der Waals surface area contributed by atoms with Crippen molar-refractivity contribution in [2.75, 3.05) is 10.6 Å². The van der Waals surface area contributed by atoms with Gasteiger partial charge in [0.2, 0.25) is 5.95 Å². The van der Waals surface area contributed by atoms with Crippen molar-refractivity contribution in [1.82, 2.24) is 19.5 Å². The molecule has 0 radical (unpaired) electrons. The predicted molar refractivity (Wildman–Crippen MR) is 121 cm³/mol. The molecule has 2 heterocycles. The van der Waals surface area contributed by atoms with Gasteiger partial charge in [-0.3, -0.25) is 0 Å². The first-order valence-electron chi connectivity index (χ1n) is 10.8. The number of imidazole rings is 1. The number of nitrogens with zero attached hydrogens (tertiary/aromatic N) is 4. The minimum absolute atomic E-state index is 0.234. The Hall–Kier alpha value is -3.20. The van der Waals surface area contributed by atoms with Crippen LogP contribution >= 0.6 is 0 Å². The fourth-order valence-electron chi connectivity index (χ4n) is 3.87. The number of benzene rings is 1. The number of carboxylic acids is 1. The molecule has 1 aliphatic carbocycles. The van der Waals surface area contributed by atoms with Crippen LogP contribution in [-0.2, 0) is 0 Å². The number of aromatic carboxylic acids is 1. The summed E-state index contributed by atoms with van der Waals surface area (Å²) in [5, 5.41) is 15.9. The molecule has 5 N–H and O–H groups in total. The molecule has 4 rings (SSSR count). The molecule has 2 aromatic heterocycles. The average Bonchev–Trinajstić information content (AvgIpc) is 3.19. The summed E-state index contributed by atoms with van der Waals surface area (Å²) in [5.74, 6) is 0.190. The molecule has 1 aliphatic rings. The predicted octanol–water partition coefficient (Wildman–Crippen LogP) is 3.92. The number of hydrogen-bond donors (Lipinski definition) is 4. The van der Waals surface area contributed by atoms with E-state index in [0.717, 1.165) is 43.4 Å². The van der Waals surface area contributed by atoms with Gasteiger partial charge in [-0.2, -0.15) is 9.97 Å². The van der Waals surface area contributed by atoms with Crippen molar-refractivity contribution in [3.8, 4) is 0 Å². The van der Waals surface area contributed by atoms with Crippen molar-refractivity contribution in [2.24, 2.45) is 5.73 Å². The van der Waals surface area contributed by atoms with Crippen molar-refractivity contribution >= 4 is 34.6 Å². The lowest BCUT2D eigenvalue weighted by Crippen LogP contribution is -2.33. The molecule has 0 spiro atoms. The molecule has 164 valence electrons. The van der Waals surface area contributed by atoms with E-state index in [0.29, 0.717) is 23.3 Å². The number of nitrogens with two attached hydrogens (primary N) is 1. The first-order chi connectivity index (χ1) is 14.9. The molecule has 1 atom stereocenters. The molecule has 1 saturated carbocycles. The number of carbonyl (C=O) groups is 1. The summed E-state index contributed by atoms with van der Waals surface area (Å²) in [6.07, 6.45) is 6.73. The highest BCUT2D eigenvalue weighted by Crippen LogP contribution is 2.28. The fourth-order valence-corrected chi connectivity index (χ4v) is 3.87. The van der Waals surface area contributed by atoms with Gasteiger partial charge in [0.25, 0.3) is 0 Å². The van der Waals surface area contributed by atoms with Gasteiger partial charge >= 0.3 is 5.97 Å². The van der Waals surface area contributed by atoms with Crippen LogP contribution in [0.15, 0.2) is 30.6 Å². The summed E-state index contributed by atoms with van der Waals surface area (Å²) in [5.41, 5.74) is 8.46. The zero-order valence-electron chi connectivity index (χ0n) is 17.9. The number of hydrogen-bond acceptors (Lipinski definition) is 7. The Kier molecular flexibility index (Phi) is 6.03. The van der Waals surface area contributed by atoms with Crippen LogP contribution in [0.3, 0.4) is 0 Å². The fraction of sp³-hybridized carbons (Fsp3) is 0.455. The van der Waals surface area contributed by atoms with Crippen molar-refractivity contribution in [3.05, 3.63) is 36.2 Å². The Morgan fingerprint density at radius 2 is 1.94 bits per heavy atom. The first-order valence-corrected chi connectivity index (χ1v) is 10.8. The molecule has 0 saturated heterocycles. The van der Waals surface area contributed by atoms with E-state index >= 15 is 0 Å². The standard InChI is InChI=1S/C22H29N7O2/c1-3-13(2)29-12-24-18-19(25-16-8-4-14(5-9-16)21(30)31)27-22(28-20(18)29)26-17-10-6-15(23)7-11-17/h4-5,8-9,12-13,15,17H,3,6-7,10-11,23H2,1-2H3,(H,30,31)(H2,25,26,27,28)/t13?,15-,17-. The van der Waals surface area contributed by atoms with E-state index in [-0.39, 0.29) is 17.6 Å². The van der Waals surface area contributed by atoms with E-state index in [1.54, 1.807) is 30.6 Å². The Bertz CT molecular complexity index is 1060. The highest BCUT2D eigenvalue weighted by atomic mass is 16.4. The third-order valence-electron chi connectivity index (χ3n) is 5.99. The van der Waals surface area contributed by atoms with Gasteiger partial charge in [0, 0.05) is 23.8 Å². The summed E-state index contributed by atoms with van der Waals surface area (Å²) in [6.45, 7) is 4.27. The van der Waals surface area contributed by atoms with Crippen LogP contribution in [-0.4, -0.2) is 42.7 Å². The van der Waals surface area contributed by atoms with Crippen molar-refractivity contribution < 1.29 is 9.90 Å². The summed E-state index contributed by atoms with van der Waals surface area (Å²) < 4.78 is 2.07. The molecular weight excluding hydrogens is 394 g/mol. The number of carboxylic acid groups (broad SMARTS) is 1. The van der Waals surface area contributed by atoms with E-state index in [9.17, 15) is 4.79 Å². The van der Waals surface area contributed by atoms with Crippen molar-refractivity contribution in [2.45, 2.75) is 64.1 Å². The number of aromatic nitrogens is 4. The summed E-state index contributed by atoms with van der Waals surface area (Å²) in [7, 11) is 0. The maximum atomic E-state index is 11.1. The second-order valence-corrected chi connectivity index (χ2v) is 8.24. The molecule has 0 amide bonds. The van der Waals surface area contributed by atoms with Gasteiger partial charge in [0.15, 0.2) is 17.0 Å². The van der Waals surface area contributed by atoms with Crippen molar-refractivity contribution in [3.63, 3.8) is 0 Å². The van der Waals surface area contributed by atoms with Gasteiger partial charge in [-0.25, -0.2) is 9.78 Å². The second-order valence-electron chi connectivity index (χ2n) is 8.24. The molecule has 9 heteroatoms. The number of nitrogens with one attached hydrogen (secondary N) is 2. The highest BCUT2D eigenvalue weighted by Gasteiger charge is 2.21. The minimum Gasteiger partial charge on any atom is -0.478 e. The highest BCUT2D eigenvalue weighted by molar-refractivity contribution is 5.89. The Morgan fingerprint density at radius 1 is 1.23 bits per heavy atom. The molecule has 0 aliphatic heterocycles. The zero-order valence-corrected chi connectivity index (χ0v) is 17.9. The van der Waals surface area contributed by atoms with Crippen LogP contribution in [0, 0.1) is 0 Å². The van der Waals surface area contributed by atoms with Gasteiger partial charge < -0.3 is 26.0 Å². The summed E-state index contributed by atoms with van der Waals surface area (Å²) >= 11 is 0. The van der Waals surface area contributed by atoms with Crippen LogP contribution in [0.5, 0.6) is 0 Å². The summed E-state index contributed by atoms with van der Waals surface area (Å²) in [6, 6.07) is 7.38. The lowest BCUT2D eigenvalue weighted by molar-refractivity contribution is 0.0697. The topological polar surface area (TPSA) is 131 Å². The van der Waals surface area contributed by atoms with Gasteiger partial charge in [-0.1, -0.05) is 6.92 Å². The lowest BCUT2D eigenvalue weighted by Gasteiger charge is -2.27. The van der Waals surface area contributed by atoms with Crippen LogP contribution in [0.25, 0.3) is 11.2 Å². The largest absolute Gasteiger partial charge is 0.478 e. The average molecular weight is 424 g/mol. The van der Waals surface area contributed by atoms with E-state index < -0.39 is 5.97 Å². The lowest BCUT2D eigenvalue weighted by atomic mass is 9.92. The maximum Gasteiger partial charge on any atom is 0.335 e. The van der Waals surface area contributed by atoms with Crippen LogP contribution in [0.4, 0.5) is 17.5 Å². The molecule has 1 unspecified atom stereocenters. The van der Waals surface area contributed by atoms with Crippen LogP contribution in [0.2, 0.25) is 0 Å². The van der Waals surface area contributed by atoms with Gasteiger partial charge in [0.05, 0.1) is 11.9 Å². The molecule has 3 aromatic rings. The van der Waals surface area contributed by atoms with Crippen molar-refractivity contribution in [1.29, 1.82) is 0 Å². The van der Waals surface area contributed by atoms with E-state index in [1.807, 2.05) is 0 Å². The number of fused-ring (bicyclic) bond motifs is 1. The molecule has 31 heavy (non-hydrogen) atoms. The van der Waals surface area contributed by atoms with Gasteiger partial charge in [-0.05, 0) is 63.3 Å². The molecule has 0 bridgehead atoms. The van der Waals surface area contributed by atoms with E-state index in [2.05, 4.69) is 34.0 Å². The van der Waals surface area contributed by atoms with Gasteiger partial charge in [-0.15, -0.1) is 0 Å². The van der Waals surface area contributed by atoms with Crippen LogP contribution in [0.1, 0.15) is 62.4 Å². The Labute approximate surface area is 181 Å². The third kappa shape index (κ3) is 4.61. The van der Waals surface area contributed by atoms with Gasteiger partial charge in [0.1, 0.15) is 0 Å². The second kappa shape index (κ2) is 8.89. The maximum absolute atomic E-state index is 11.1. The van der Waals surface area contributed by atoms with E-state index in [1.165, 1.54) is 0 Å². The van der Waals surface area contributed by atoms with Crippen LogP contribution < -0.4 is 16.4 Å².